The number of rotatable bonds is 8. The van der Waals surface area contributed by atoms with Gasteiger partial charge in [-0.2, -0.15) is 0 Å². The van der Waals surface area contributed by atoms with Gasteiger partial charge in [0, 0.05) is 0 Å². The summed E-state index contributed by atoms with van der Waals surface area (Å²) in [6.45, 7) is 3.19. The van der Waals surface area contributed by atoms with Crippen molar-refractivity contribution in [3.8, 4) is 0 Å². The van der Waals surface area contributed by atoms with Gasteiger partial charge >= 0.3 is 5.97 Å². The Morgan fingerprint density at radius 1 is 1.23 bits per heavy atom. The van der Waals surface area contributed by atoms with Crippen molar-refractivity contribution in [3.05, 3.63) is 35.9 Å². The first-order valence-corrected chi connectivity index (χ1v) is 8.86. The minimum absolute atomic E-state index is 0.0646. The number of hydrogen-bond acceptors (Lipinski definition) is 4. The number of sulfone groups is 1. The first kappa shape index (κ1) is 18.2. The zero-order chi connectivity index (χ0) is 16.8. The summed E-state index contributed by atoms with van der Waals surface area (Å²) < 4.78 is 23.4. The molecule has 2 unspecified atom stereocenters. The molecule has 2 N–H and O–H groups in total. The van der Waals surface area contributed by atoms with Gasteiger partial charge in [0.1, 0.15) is 5.75 Å². The van der Waals surface area contributed by atoms with Crippen LogP contribution in [0.25, 0.3) is 0 Å². The van der Waals surface area contributed by atoms with E-state index < -0.39 is 39.4 Å². The predicted octanol–water partition coefficient (Wildman–Crippen LogP) is 1.39. The summed E-state index contributed by atoms with van der Waals surface area (Å²) in [5.41, 5.74) is 0.624. The van der Waals surface area contributed by atoms with Crippen molar-refractivity contribution in [2.75, 3.05) is 11.5 Å². The number of aliphatic carboxylic acids is 1. The number of carbonyl (C=O) groups excluding carboxylic acids is 1. The van der Waals surface area contributed by atoms with Gasteiger partial charge in [-0.1, -0.05) is 37.3 Å². The van der Waals surface area contributed by atoms with Crippen molar-refractivity contribution in [3.63, 3.8) is 0 Å². The molecule has 7 heteroatoms. The quantitative estimate of drug-likeness (QED) is 0.751. The monoisotopic (exact) mass is 327 g/mol. The fraction of sp³-hybridized carbons (Fsp3) is 0.467. The van der Waals surface area contributed by atoms with Gasteiger partial charge in [-0.3, -0.25) is 9.59 Å². The third-order valence-corrected chi connectivity index (χ3v) is 4.96. The maximum Gasteiger partial charge on any atom is 0.308 e. The molecule has 0 bridgehead atoms. The second kappa shape index (κ2) is 7.93. The molecule has 0 saturated heterocycles. The number of carboxylic acids is 1. The molecule has 0 aliphatic carbocycles. The lowest BCUT2D eigenvalue weighted by molar-refractivity contribution is -0.142. The average molecular weight is 327 g/mol. The molecule has 0 spiro atoms. The molecule has 0 heterocycles. The molecule has 1 rings (SSSR count). The molecule has 1 aromatic rings. The second-order valence-electron chi connectivity index (χ2n) is 5.17. The summed E-state index contributed by atoms with van der Waals surface area (Å²) in [6.07, 6.45) is 0.434. The van der Waals surface area contributed by atoms with E-state index in [0.29, 0.717) is 12.0 Å². The molecular weight excluding hydrogens is 306 g/mol. The summed E-state index contributed by atoms with van der Waals surface area (Å²) in [7, 11) is -3.46. The van der Waals surface area contributed by atoms with Crippen molar-refractivity contribution in [2.24, 2.45) is 5.92 Å². The standard InChI is InChI=1S/C15H21NO5S/c1-3-9-22(20,21)10-13(17)16-14(11(2)15(18)19)12-7-5-4-6-8-12/h4-8,11,14H,3,9-10H2,1-2H3,(H,16,17)(H,18,19). The van der Waals surface area contributed by atoms with Crippen LogP contribution in [0.5, 0.6) is 0 Å². The van der Waals surface area contributed by atoms with Gasteiger partial charge in [0.15, 0.2) is 9.84 Å². The molecule has 6 nitrogen and oxygen atoms in total. The third kappa shape index (κ3) is 5.48. The van der Waals surface area contributed by atoms with E-state index in [-0.39, 0.29) is 5.75 Å². The Bertz CT molecular complexity index is 612. The van der Waals surface area contributed by atoms with Crippen LogP contribution < -0.4 is 5.32 Å². The van der Waals surface area contributed by atoms with Crippen LogP contribution in [0.4, 0.5) is 0 Å². The van der Waals surface area contributed by atoms with Crippen LogP contribution >= 0.6 is 0 Å². The van der Waals surface area contributed by atoms with E-state index in [9.17, 15) is 23.1 Å². The van der Waals surface area contributed by atoms with Gasteiger partial charge in [0.05, 0.1) is 17.7 Å². The Balaban J connectivity index is 2.90. The summed E-state index contributed by atoms with van der Waals surface area (Å²) in [5, 5.41) is 11.7. The van der Waals surface area contributed by atoms with Crippen LogP contribution in [0, 0.1) is 5.92 Å². The summed E-state index contributed by atoms with van der Waals surface area (Å²) in [5.74, 6) is -3.32. The average Bonchev–Trinajstić information content (AvgIpc) is 2.44. The number of amides is 1. The fourth-order valence-corrected chi connectivity index (χ4v) is 3.35. The lowest BCUT2D eigenvalue weighted by Gasteiger charge is -2.23. The molecule has 1 aromatic carbocycles. The molecule has 0 saturated carbocycles. The highest BCUT2D eigenvalue weighted by atomic mass is 32.2. The molecule has 0 aliphatic rings. The van der Waals surface area contributed by atoms with Crippen molar-refractivity contribution in [2.45, 2.75) is 26.3 Å². The third-order valence-electron chi connectivity index (χ3n) is 3.23. The van der Waals surface area contributed by atoms with E-state index >= 15 is 0 Å². The Kier molecular flexibility index (Phi) is 6.55. The summed E-state index contributed by atoms with van der Waals surface area (Å²) in [6, 6.07) is 7.87. The second-order valence-corrected chi connectivity index (χ2v) is 7.36. The number of carbonyl (C=O) groups is 2. The summed E-state index contributed by atoms with van der Waals surface area (Å²) >= 11 is 0. The highest BCUT2D eigenvalue weighted by Gasteiger charge is 2.28. The van der Waals surface area contributed by atoms with Crippen LogP contribution in [0.2, 0.25) is 0 Å². The van der Waals surface area contributed by atoms with E-state index in [1.54, 1.807) is 37.3 Å². The van der Waals surface area contributed by atoms with E-state index in [0.717, 1.165) is 0 Å². The lowest BCUT2D eigenvalue weighted by Crippen LogP contribution is -2.39. The highest BCUT2D eigenvalue weighted by molar-refractivity contribution is 7.92. The van der Waals surface area contributed by atoms with Crippen molar-refractivity contribution < 1.29 is 23.1 Å². The van der Waals surface area contributed by atoms with Crippen LogP contribution in [0.1, 0.15) is 31.9 Å². The first-order chi connectivity index (χ1) is 10.3. The Labute approximate surface area is 130 Å². The zero-order valence-electron chi connectivity index (χ0n) is 12.7. The number of benzene rings is 1. The normalized spacial score (nSPS) is 14.1. The Morgan fingerprint density at radius 3 is 2.32 bits per heavy atom. The lowest BCUT2D eigenvalue weighted by atomic mass is 9.94. The van der Waals surface area contributed by atoms with Gasteiger partial charge in [-0.25, -0.2) is 8.42 Å². The molecular formula is C15H21NO5S. The first-order valence-electron chi connectivity index (χ1n) is 7.04. The summed E-state index contributed by atoms with van der Waals surface area (Å²) in [4.78, 5) is 23.2. The van der Waals surface area contributed by atoms with Gasteiger partial charge in [0.25, 0.3) is 0 Å². The van der Waals surface area contributed by atoms with E-state index in [1.807, 2.05) is 0 Å². The molecule has 0 aromatic heterocycles. The van der Waals surface area contributed by atoms with Gasteiger partial charge in [-0.05, 0) is 18.9 Å². The van der Waals surface area contributed by atoms with Crippen LogP contribution in [0.15, 0.2) is 30.3 Å². The number of nitrogens with one attached hydrogen (secondary N) is 1. The Hall–Kier alpha value is -1.89. The molecule has 22 heavy (non-hydrogen) atoms. The molecule has 1 amide bonds. The van der Waals surface area contributed by atoms with Crippen LogP contribution in [-0.4, -0.2) is 36.9 Å². The zero-order valence-corrected chi connectivity index (χ0v) is 13.5. The number of carboxylic acid groups (broad SMARTS) is 1. The fourth-order valence-electron chi connectivity index (χ4n) is 2.10. The van der Waals surface area contributed by atoms with Gasteiger partial charge in [-0.15, -0.1) is 0 Å². The van der Waals surface area contributed by atoms with E-state index in [1.165, 1.54) is 6.92 Å². The van der Waals surface area contributed by atoms with Crippen molar-refractivity contribution in [1.82, 2.24) is 5.32 Å². The smallest absolute Gasteiger partial charge is 0.308 e. The van der Waals surface area contributed by atoms with Crippen molar-refractivity contribution >= 4 is 21.7 Å². The van der Waals surface area contributed by atoms with Gasteiger partial charge < -0.3 is 10.4 Å². The molecule has 2 atom stereocenters. The topological polar surface area (TPSA) is 101 Å². The molecule has 0 aliphatic heterocycles. The van der Waals surface area contributed by atoms with Crippen LogP contribution in [-0.2, 0) is 19.4 Å². The minimum atomic E-state index is -3.46. The largest absolute Gasteiger partial charge is 0.481 e. The van der Waals surface area contributed by atoms with E-state index in [2.05, 4.69) is 5.32 Å². The highest BCUT2D eigenvalue weighted by Crippen LogP contribution is 2.22. The predicted molar refractivity (Wildman–Crippen MR) is 83.1 cm³/mol. The maximum atomic E-state index is 12.0. The van der Waals surface area contributed by atoms with Gasteiger partial charge in [0.2, 0.25) is 5.91 Å². The number of hydrogen-bond donors (Lipinski definition) is 2. The van der Waals surface area contributed by atoms with E-state index in [4.69, 9.17) is 0 Å². The minimum Gasteiger partial charge on any atom is -0.481 e. The molecule has 0 radical (unpaired) electrons. The molecule has 0 fully saturated rings. The van der Waals surface area contributed by atoms with Crippen molar-refractivity contribution in [1.29, 1.82) is 0 Å². The van der Waals surface area contributed by atoms with Crippen LogP contribution in [0.3, 0.4) is 0 Å². The SMILES string of the molecule is CCCS(=O)(=O)CC(=O)NC(c1ccccc1)C(C)C(=O)O. The maximum absolute atomic E-state index is 12.0. The Morgan fingerprint density at radius 2 is 1.82 bits per heavy atom. The molecule has 122 valence electrons.